The van der Waals surface area contributed by atoms with Crippen molar-refractivity contribution in [3.05, 3.63) is 150 Å². The lowest BCUT2D eigenvalue weighted by atomic mass is 9.91. The van der Waals surface area contributed by atoms with Crippen molar-refractivity contribution in [2.45, 2.75) is 0 Å². The first kappa shape index (κ1) is 24.5. The van der Waals surface area contributed by atoms with Gasteiger partial charge in [-0.3, -0.25) is 0 Å². The number of fused-ring (bicyclic) bond motifs is 9. The van der Waals surface area contributed by atoms with Gasteiger partial charge in [-0.1, -0.05) is 115 Å². The van der Waals surface area contributed by atoms with Gasteiger partial charge in [0.25, 0.3) is 0 Å². The molecule has 2 heterocycles. The van der Waals surface area contributed by atoms with Gasteiger partial charge in [0.2, 0.25) is 0 Å². The molecule has 0 unspecified atom stereocenters. The van der Waals surface area contributed by atoms with E-state index < -0.39 is 5.69 Å². The van der Waals surface area contributed by atoms with Gasteiger partial charge in [-0.2, -0.15) is 4.98 Å². The summed E-state index contributed by atoms with van der Waals surface area (Å²) in [5.41, 5.74) is 6.06. The number of nitrogens with zero attached hydrogens (tertiary/aromatic N) is 3. The van der Waals surface area contributed by atoms with Crippen LogP contribution < -0.4 is 5.69 Å². The highest BCUT2D eigenvalue weighted by Crippen LogP contribution is 2.38. The molecular formula is C39H23N3O2. The second-order valence-corrected chi connectivity index (χ2v) is 11.0. The quantitative estimate of drug-likeness (QED) is 0.200. The Morgan fingerprint density at radius 3 is 1.70 bits per heavy atom. The van der Waals surface area contributed by atoms with Crippen LogP contribution in [-0.2, 0) is 0 Å². The van der Waals surface area contributed by atoms with Crippen LogP contribution in [0.4, 0.5) is 0 Å². The Kier molecular flexibility index (Phi) is 5.28. The third-order valence-corrected chi connectivity index (χ3v) is 8.50. The average Bonchev–Trinajstić information content (AvgIpc) is 3.45. The van der Waals surface area contributed by atoms with Crippen LogP contribution in [-0.4, -0.2) is 14.4 Å². The molecule has 9 aromatic rings. The number of oxazole rings is 1. The fourth-order valence-electron chi connectivity index (χ4n) is 6.48. The first-order valence-electron chi connectivity index (χ1n) is 14.5. The Bertz CT molecular complexity index is 2600. The predicted octanol–water partition coefficient (Wildman–Crippen LogP) is 9.30. The summed E-state index contributed by atoms with van der Waals surface area (Å²) in [5.74, 6) is 0.724. The summed E-state index contributed by atoms with van der Waals surface area (Å²) in [6.07, 6.45) is 0. The Morgan fingerprint density at radius 1 is 0.455 bits per heavy atom. The normalized spacial score (nSPS) is 11.7. The molecule has 5 nitrogen and oxygen atoms in total. The molecule has 0 radical (unpaired) electrons. The molecule has 0 atom stereocenters. The number of benzene rings is 7. The van der Waals surface area contributed by atoms with Crippen LogP contribution >= 0.6 is 0 Å². The summed E-state index contributed by atoms with van der Waals surface area (Å²) in [7, 11) is 0. The van der Waals surface area contributed by atoms with Crippen molar-refractivity contribution in [3.63, 3.8) is 0 Å². The minimum absolute atomic E-state index is 0.223. The number of aromatic nitrogens is 3. The zero-order valence-electron chi connectivity index (χ0n) is 23.4. The second-order valence-electron chi connectivity index (χ2n) is 11.0. The molecule has 0 spiro atoms. The van der Waals surface area contributed by atoms with Gasteiger partial charge in [0.1, 0.15) is 0 Å². The molecule has 0 aliphatic heterocycles. The minimum atomic E-state index is -0.577. The number of hydrogen-bond acceptors (Lipinski definition) is 4. The van der Waals surface area contributed by atoms with E-state index in [4.69, 9.17) is 4.42 Å². The molecule has 0 aliphatic carbocycles. The largest absolute Gasteiger partial charge is 0.423 e. The molecule has 0 bridgehead atoms. The Morgan fingerprint density at radius 2 is 1.00 bits per heavy atom. The lowest BCUT2D eigenvalue weighted by Gasteiger charge is -2.12. The highest BCUT2D eigenvalue weighted by Gasteiger charge is 2.16. The van der Waals surface area contributed by atoms with Crippen molar-refractivity contribution >= 4 is 49.3 Å². The molecule has 2 aromatic heterocycles. The maximum atomic E-state index is 12.3. The molecule has 5 heteroatoms. The molecule has 0 N–H and O–H groups in total. The lowest BCUT2D eigenvalue weighted by molar-refractivity contribution is 0.630. The minimum Gasteiger partial charge on any atom is -0.423 e. The van der Waals surface area contributed by atoms with E-state index in [1.54, 1.807) is 0 Å². The first-order valence-corrected chi connectivity index (χ1v) is 14.5. The van der Waals surface area contributed by atoms with E-state index in [9.17, 15) is 4.79 Å². The van der Waals surface area contributed by atoms with Crippen LogP contribution in [0.2, 0.25) is 0 Å². The van der Waals surface area contributed by atoms with Crippen LogP contribution in [0.1, 0.15) is 0 Å². The van der Waals surface area contributed by atoms with Gasteiger partial charge in [-0.25, -0.2) is 9.20 Å². The van der Waals surface area contributed by atoms with Gasteiger partial charge in [-0.05, 0) is 78.8 Å². The molecule has 0 aliphatic rings. The SMILES string of the molecule is O=c1nc(-c2ccccc2)n2c(n1)oc1ccc(-c3cccc(-c4ccc5c6ccccc6c6ccccc6c5c4)c3)cc12. The summed E-state index contributed by atoms with van der Waals surface area (Å²) in [4.78, 5) is 20.6. The summed E-state index contributed by atoms with van der Waals surface area (Å²) < 4.78 is 7.82. The van der Waals surface area contributed by atoms with E-state index in [2.05, 4.69) is 107 Å². The molecular weight excluding hydrogens is 542 g/mol. The highest BCUT2D eigenvalue weighted by atomic mass is 16.4. The molecule has 206 valence electrons. The third kappa shape index (κ3) is 3.76. The smallest absolute Gasteiger partial charge is 0.373 e. The Hall–Kier alpha value is -6.07. The molecule has 0 amide bonds. The van der Waals surface area contributed by atoms with Crippen LogP contribution in [0.25, 0.3) is 82.9 Å². The van der Waals surface area contributed by atoms with E-state index in [1.165, 1.54) is 32.3 Å². The fraction of sp³-hybridized carbons (Fsp3) is 0. The summed E-state index contributed by atoms with van der Waals surface area (Å²) >= 11 is 0. The Balaban J connectivity index is 1.21. The van der Waals surface area contributed by atoms with E-state index in [0.717, 1.165) is 33.3 Å². The van der Waals surface area contributed by atoms with Crippen LogP contribution in [0, 0.1) is 0 Å². The van der Waals surface area contributed by atoms with E-state index in [1.807, 2.05) is 46.9 Å². The fourth-order valence-corrected chi connectivity index (χ4v) is 6.48. The molecule has 0 fully saturated rings. The molecule has 9 rings (SSSR count). The van der Waals surface area contributed by atoms with Gasteiger partial charge < -0.3 is 4.42 Å². The van der Waals surface area contributed by atoms with E-state index in [-0.39, 0.29) is 5.84 Å². The van der Waals surface area contributed by atoms with Gasteiger partial charge in [-0.15, -0.1) is 4.98 Å². The zero-order chi connectivity index (χ0) is 29.2. The van der Waals surface area contributed by atoms with Gasteiger partial charge >= 0.3 is 11.5 Å². The van der Waals surface area contributed by atoms with Gasteiger partial charge in [0, 0.05) is 5.56 Å². The zero-order valence-corrected chi connectivity index (χ0v) is 23.4. The lowest BCUT2D eigenvalue weighted by Crippen LogP contribution is -2.14. The molecule has 0 saturated carbocycles. The van der Waals surface area contributed by atoms with Gasteiger partial charge in [0.05, 0.1) is 5.52 Å². The second kappa shape index (κ2) is 9.48. The molecule has 7 aromatic carbocycles. The van der Waals surface area contributed by atoms with Crippen molar-refractivity contribution in [1.82, 2.24) is 14.4 Å². The predicted molar refractivity (Wildman–Crippen MR) is 178 cm³/mol. The van der Waals surface area contributed by atoms with Crippen LogP contribution in [0.3, 0.4) is 0 Å². The number of hydrogen-bond donors (Lipinski definition) is 0. The molecule has 44 heavy (non-hydrogen) atoms. The van der Waals surface area contributed by atoms with E-state index >= 15 is 0 Å². The average molecular weight is 566 g/mol. The van der Waals surface area contributed by atoms with Crippen LogP contribution in [0.15, 0.2) is 149 Å². The maximum Gasteiger partial charge on any atom is 0.373 e. The monoisotopic (exact) mass is 565 g/mol. The van der Waals surface area contributed by atoms with Crippen molar-refractivity contribution in [2.24, 2.45) is 0 Å². The standard InChI is InChI=1S/C39H23N3O2/c43-38-40-37(24-9-2-1-3-10-24)42-35-23-28(18-20-36(35)44-39(42)41-38)26-12-8-11-25(21-26)27-17-19-33-31-15-5-4-13-29(31)30-14-6-7-16-32(30)34(33)22-27/h1-23H. The maximum absolute atomic E-state index is 12.3. The third-order valence-electron chi connectivity index (χ3n) is 8.50. The summed E-state index contributed by atoms with van der Waals surface area (Å²) in [6, 6.07) is 48.4. The highest BCUT2D eigenvalue weighted by molar-refractivity contribution is 6.25. The van der Waals surface area contributed by atoms with Crippen molar-refractivity contribution in [1.29, 1.82) is 0 Å². The summed E-state index contributed by atoms with van der Waals surface area (Å²) in [6.45, 7) is 0. The topological polar surface area (TPSA) is 60.4 Å². The van der Waals surface area contributed by atoms with Crippen LogP contribution in [0.5, 0.6) is 0 Å². The van der Waals surface area contributed by atoms with E-state index in [0.29, 0.717) is 11.4 Å². The first-order chi connectivity index (χ1) is 21.7. The van der Waals surface area contributed by atoms with Crippen molar-refractivity contribution < 1.29 is 4.42 Å². The Labute approximate surface area is 251 Å². The van der Waals surface area contributed by atoms with Gasteiger partial charge in [0.15, 0.2) is 11.4 Å². The number of rotatable bonds is 3. The van der Waals surface area contributed by atoms with Crippen molar-refractivity contribution in [2.75, 3.05) is 0 Å². The van der Waals surface area contributed by atoms with Crippen molar-refractivity contribution in [3.8, 4) is 33.6 Å². The summed E-state index contributed by atoms with van der Waals surface area (Å²) in [5, 5.41) is 7.57. The molecule has 0 saturated heterocycles.